The van der Waals surface area contributed by atoms with E-state index in [4.69, 9.17) is 5.73 Å². The molecule has 1 heterocycles. The molecule has 0 saturated carbocycles. The highest BCUT2D eigenvalue weighted by Crippen LogP contribution is 2.20. The maximum Gasteiger partial charge on any atom is 0.269 e. The van der Waals surface area contributed by atoms with Crippen LogP contribution in [-0.4, -0.2) is 21.9 Å². The van der Waals surface area contributed by atoms with E-state index < -0.39 is 0 Å². The van der Waals surface area contributed by atoms with Crippen LogP contribution in [0, 0.1) is 10.1 Å². The summed E-state index contributed by atoms with van der Waals surface area (Å²) in [4.78, 5) is 14.5. The summed E-state index contributed by atoms with van der Waals surface area (Å²) in [6, 6.07) is 6.80. The van der Waals surface area contributed by atoms with Crippen molar-refractivity contribution in [1.82, 2.24) is 0 Å². The van der Waals surface area contributed by atoms with Crippen molar-refractivity contribution < 1.29 is 4.92 Å². The van der Waals surface area contributed by atoms with Gasteiger partial charge < -0.3 is 5.73 Å². The highest BCUT2D eigenvalue weighted by molar-refractivity contribution is 8.14. The minimum atomic E-state index is -0.384. The normalized spacial score (nSPS) is 18.4. The van der Waals surface area contributed by atoms with E-state index in [2.05, 4.69) is 4.99 Å². The number of hydrogen-bond donors (Lipinski definition) is 1. The van der Waals surface area contributed by atoms with Crippen molar-refractivity contribution in [2.75, 3.05) is 5.75 Å². The second-order valence-corrected chi connectivity index (χ2v) is 4.60. The number of benzene rings is 1. The van der Waals surface area contributed by atoms with Gasteiger partial charge in [-0.15, -0.1) is 12.4 Å². The third-order valence-electron chi connectivity index (χ3n) is 2.33. The summed E-state index contributed by atoms with van der Waals surface area (Å²) in [5, 5.41) is 11.2. The van der Waals surface area contributed by atoms with Gasteiger partial charge in [-0.3, -0.25) is 15.1 Å². The van der Waals surface area contributed by atoms with Crippen LogP contribution in [0.5, 0.6) is 0 Å². The lowest BCUT2D eigenvalue weighted by atomic mass is 10.1. The van der Waals surface area contributed by atoms with Crippen molar-refractivity contribution in [3.8, 4) is 0 Å². The standard InChI is InChI=1S/C10H11N3O2S.ClH/c11-10-12-8(6-16-10)4-7-2-1-3-9(5-7)13(14)15;/h1-3,5,8H,4,6H2,(H2,11,12);1H/t8-;/m1./s1. The fourth-order valence-corrected chi connectivity index (χ4v) is 2.39. The molecule has 92 valence electrons. The zero-order chi connectivity index (χ0) is 11.5. The van der Waals surface area contributed by atoms with Gasteiger partial charge in [-0.05, 0) is 12.0 Å². The van der Waals surface area contributed by atoms with Gasteiger partial charge in [0, 0.05) is 17.9 Å². The summed E-state index contributed by atoms with van der Waals surface area (Å²) in [6.07, 6.45) is 0.704. The van der Waals surface area contributed by atoms with Crippen LogP contribution in [0.3, 0.4) is 0 Å². The van der Waals surface area contributed by atoms with Crippen molar-refractivity contribution in [3.05, 3.63) is 39.9 Å². The number of nitrogens with two attached hydrogens (primary N) is 1. The Morgan fingerprint density at radius 3 is 2.94 bits per heavy atom. The predicted octanol–water partition coefficient (Wildman–Crippen LogP) is 1.99. The minimum absolute atomic E-state index is 0. The number of nitro benzene ring substituents is 1. The molecule has 17 heavy (non-hydrogen) atoms. The summed E-state index contributed by atoms with van der Waals surface area (Å²) < 4.78 is 0. The Morgan fingerprint density at radius 1 is 1.59 bits per heavy atom. The molecule has 1 aliphatic heterocycles. The Kier molecular flexibility index (Phi) is 4.77. The Morgan fingerprint density at radius 2 is 2.35 bits per heavy atom. The molecule has 2 N–H and O–H groups in total. The molecule has 0 aliphatic carbocycles. The lowest BCUT2D eigenvalue weighted by molar-refractivity contribution is -0.384. The molecule has 2 rings (SSSR count). The molecule has 0 amide bonds. The van der Waals surface area contributed by atoms with E-state index in [-0.39, 0.29) is 29.1 Å². The molecule has 0 unspecified atom stereocenters. The van der Waals surface area contributed by atoms with Crippen LogP contribution in [0.2, 0.25) is 0 Å². The molecule has 0 fully saturated rings. The first-order valence-corrected chi connectivity index (χ1v) is 5.83. The molecule has 1 aromatic carbocycles. The lowest BCUT2D eigenvalue weighted by Gasteiger charge is -2.05. The van der Waals surface area contributed by atoms with Crippen LogP contribution in [0.1, 0.15) is 5.56 Å². The second-order valence-electron chi connectivity index (χ2n) is 3.56. The van der Waals surface area contributed by atoms with Gasteiger partial charge >= 0.3 is 0 Å². The monoisotopic (exact) mass is 273 g/mol. The minimum Gasteiger partial charge on any atom is -0.379 e. The van der Waals surface area contributed by atoms with Crippen molar-refractivity contribution in [3.63, 3.8) is 0 Å². The topological polar surface area (TPSA) is 81.5 Å². The molecule has 0 spiro atoms. The van der Waals surface area contributed by atoms with Crippen LogP contribution >= 0.6 is 24.2 Å². The number of halogens is 1. The van der Waals surface area contributed by atoms with E-state index in [9.17, 15) is 10.1 Å². The molecule has 0 saturated heterocycles. The van der Waals surface area contributed by atoms with Gasteiger partial charge in [-0.2, -0.15) is 0 Å². The Labute approximate surface area is 109 Å². The average Bonchev–Trinajstić information content (AvgIpc) is 2.64. The van der Waals surface area contributed by atoms with Crippen LogP contribution < -0.4 is 5.73 Å². The molecule has 0 radical (unpaired) electrons. The van der Waals surface area contributed by atoms with Gasteiger partial charge in [-0.1, -0.05) is 23.9 Å². The van der Waals surface area contributed by atoms with E-state index in [1.54, 1.807) is 12.1 Å². The number of amidine groups is 1. The highest BCUT2D eigenvalue weighted by Gasteiger charge is 2.17. The summed E-state index contributed by atoms with van der Waals surface area (Å²) >= 11 is 1.53. The first-order valence-electron chi connectivity index (χ1n) is 4.84. The van der Waals surface area contributed by atoms with Crippen molar-refractivity contribution in [2.24, 2.45) is 10.7 Å². The summed E-state index contributed by atoms with van der Waals surface area (Å²) in [7, 11) is 0. The number of nitrogens with zero attached hydrogens (tertiary/aromatic N) is 2. The molecule has 5 nitrogen and oxygen atoms in total. The Bertz CT molecular complexity index is 453. The molecule has 1 atom stereocenters. The lowest BCUT2D eigenvalue weighted by Crippen LogP contribution is -2.08. The molecular weight excluding hydrogens is 262 g/mol. The fraction of sp³-hybridized carbons (Fsp3) is 0.300. The Hall–Kier alpha value is -1.27. The van der Waals surface area contributed by atoms with Gasteiger partial charge in [0.05, 0.1) is 11.0 Å². The fourth-order valence-electron chi connectivity index (χ4n) is 1.61. The van der Waals surface area contributed by atoms with E-state index in [1.807, 2.05) is 6.07 Å². The number of nitro groups is 1. The van der Waals surface area contributed by atoms with Gasteiger partial charge in [0.15, 0.2) is 5.17 Å². The predicted molar refractivity (Wildman–Crippen MR) is 71.9 cm³/mol. The molecule has 0 aromatic heterocycles. The van der Waals surface area contributed by atoms with Crippen LogP contribution in [0.25, 0.3) is 0 Å². The van der Waals surface area contributed by atoms with Crippen molar-refractivity contribution in [2.45, 2.75) is 12.5 Å². The van der Waals surface area contributed by atoms with Crippen LogP contribution in [-0.2, 0) is 6.42 Å². The molecular formula is C10H12ClN3O2S. The zero-order valence-corrected chi connectivity index (χ0v) is 10.5. The third kappa shape index (κ3) is 3.61. The van der Waals surface area contributed by atoms with E-state index in [0.29, 0.717) is 11.6 Å². The summed E-state index contributed by atoms with van der Waals surface area (Å²) in [6.45, 7) is 0. The second kappa shape index (κ2) is 5.88. The Balaban J connectivity index is 0.00000144. The van der Waals surface area contributed by atoms with Crippen molar-refractivity contribution in [1.29, 1.82) is 0 Å². The number of thioether (sulfide) groups is 1. The van der Waals surface area contributed by atoms with E-state index in [0.717, 1.165) is 11.3 Å². The highest BCUT2D eigenvalue weighted by atomic mass is 35.5. The van der Waals surface area contributed by atoms with Crippen LogP contribution in [0.4, 0.5) is 5.69 Å². The van der Waals surface area contributed by atoms with E-state index in [1.165, 1.54) is 17.8 Å². The van der Waals surface area contributed by atoms with Crippen molar-refractivity contribution >= 4 is 35.0 Å². The largest absolute Gasteiger partial charge is 0.379 e. The average molecular weight is 274 g/mol. The first kappa shape index (κ1) is 13.8. The molecule has 7 heteroatoms. The summed E-state index contributed by atoms with van der Waals surface area (Å²) in [5.41, 5.74) is 6.62. The molecule has 0 bridgehead atoms. The first-order chi connectivity index (χ1) is 7.65. The molecule has 1 aromatic rings. The van der Waals surface area contributed by atoms with Crippen LogP contribution in [0.15, 0.2) is 29.3 Å². The quantitative estimate of drug-likeness (QED) is 0.674. The van der Waals surface area contributed by atoms with Gasteiger partial charge in [0.25, 0.3) is 5.69 Å². The van der Waals surface area contributed by atoms with Gasteiger partial charge in [-0.25, -0.2) is 0 Å². The maximum absolute atomic E-state index is 10.6. The number of hydrogen-bond acceptors (Lipinski definition) is 5. The number of non-ortho nitro benzene ring substituents is 1. The summed E-state index contributed by atoms with van der Waals surface area (Å²) in [5.74, 6) is 0.856. The molecule has 1 aliphatic rings. The number of rotatable bonds is 3. The van der Waals surface area contributed by atoms with Gasteiger partial charge in [0.1, 0.15) is 0 Å². The SMILES string of the molecule is Cl.NC1=N[C@H](Cc2cccc([N+](=O)[O-])c2)CS1. The van der Waals surface area contributed by atoms with Gasteiger partial charge in [0.2, 0.25) is 0 Å². The zero-order valence-electron chi connectivity index (χ0n) is 8.91. The number of aliphatic imine (C=N–C) groups is 1. The third-order valence-corrected chi connectivity index (χ3v) is 3.28. The van der Waals surface area contributed by atoms with E-state index >= 15 is 0 Å². The smallest absolute Gasteiger partial charge is 0.269 e. The maximum atomic E-state index is 10.6.